The van der Waals surface area contributed by atoms with Gasteiger partial charge in [0.05, 0.1) is 36.1 Å². The molecule has 334 valence electrons. The highest BCUT2D eigenvalue weighted by Crippen LogP contribution is 2.40. The first-order chi connectivity index (χ1) is 28.2. The largest absolute Gasteiger partial charge is 0.458 e. The molecule has 2 amide bonds. The maximum Gasteiger partial charge on any atom is 0.410 e. The Morgan fingerprint density at radius 3 is 2.42 bits per heavy atom. The van der Waals surface area contributed by atoms with Crippen LogP contribution in [0.3, 0.4) is 0 Å². The zero-order valence-corrected chi connectivity index (χ0v) is 37.1. The molecule has 2 aromatic rings. The Bertz CT molecular complexity index is 1830. The molecule has 1 aromatic heterocycles. The summed E-state index contributed by atoms with van der Waals surface area (Å²) < 4.78 is 32.9. The first kappa shape index (κ1) is 46.9. The number of nitrogens with one attached hydrogen (secondary N) is 1. The Labute approximate surface area is 353 Å². The Balaban J connectivity index is 1.41. The fraction of sp³-hybridized carbons (Fsp3) is 0.721. The van der Waals surface area contributed by atoms with Gasteiger partial charge in [0.1, 0.15) is 23.8 Å². The van der Waals surface area contributed by atoms with Crippen LogP contribution in [0.2, 0.25) is 0 Å². The number of aliphatic hydroxyl groups excluding tert-OH is 1. The van der Waals surface area contributed by atoms with Gasteiger partial charge >= 0.3 is 12.1 Å². The molecule has 60 heavy (non-hydrogen) atoms. The highest BCUT2D eigenvalue weighted by molar-refractivity contribution is 6.00. The first-order valence-corrected chi connectivity index (χ1v) is 21.2. The number of benzene rings is 1. The van der Waals surface area contributed by atoms with Crippen LogP contribution in [0.25, 0.3) is 11.3 Å². The summed E-state index contributed by atoms with van der Waals surface area (Å²) in [6, 6.07) is 5.70. The smallest absolute Gasteiger partial charge is 0.410 e. The van der Waals surface area contributed by atoms with Crippen LogP contribution in [-0.2, 0) is 44.6 Å². The zero-order valence-electron chi connectivity index (χ0n) is 37.1. The molecule has 3 aliphatic rings. The van der Waals surface area contributed by atoms with Gasteiger partial charge in [0.2, 0.25) is 5.91 Å². The second kappa shape index (κ2) is 19.3. The van der Waals surface area contributed by atoms with Gasteiger partial charge in [-0.15, -0.1) is 5.10 Å². The molecule has 13 atom stereocenters. The number of amides is 2. The fourth-order valence-electron chi connectivity index (χ4n) is 9.34. The molecule has 1 aromatic carbocycles. The molecule has 0 aliphatic carbocycles. The van der Waals surface area contributed by atoms with Crippen molar-refractivity contribution in [3.05, 3.63) is 30.5 Å². The van der Waals surface area contributed by atoms with Gasteiger partial charge in [-0.1, -0.05) is 38.1 Å². The monoisotopic (exact) mass is 841 g/mol. The summed E-state index contributed by atoms with van der Waals surface area (Å²) in [4.78, 5) is 59.9. The van der Waals surface area contributed by atoms with Crippen LogP contribution in [0.15, 0.2) is 30.5 Å². The lowest BCUT2D eigenvalue weighted by molar-refractivity contribution is -0.295. The third-order valence-corrected chi connectivity index (χ3v) is 12.8. The number of aliphatic hydroxyl groups is 1. The molecule has 0 bridgehead atoms. The van der Waals surface area contributed by atoms with Crippen molar-refractivity contribution in [3.63, 3.8) is 0 Å². The number of aryl methyl sites for hydroxylation is 1. The number of methoxy groups -OCH3 is 1. The number of esters is 1. The van der Waals surface area contributed by atoms with Gasteiger partial charge in [-0.25, -0.2) is 4.79 Å². The molecule has 3 aliphatic heterocycles. The number of rotatable bonds is 11. The van der Waals surface area contributed by atoms with Crippen LogP contribution < -0.4 is 11.1 Å². The van der Waals surface area contributed by atoms with E-state index in [1.807, 2.05) is 64.2 Å². The van der Waals surface area contributed by atoms with Crippen LogP contribution in [0, 0.1) is 17.8 Å². The lowest BCUT2D eigenvalue weighted by atomic mass is 9.78. The number of hydrogen-bond donors (Lipinski definition) is 3. The highest BCUT2D eigenvalue weighted by Gasteiger charge is 2.59. The van der Waals surface area contributed by atoms with E-state index in [1.54, 1.807) is 43.3 Å². The van der Waals surface area contributed by atoms with E-state index in [0.717, 1.165) is 5.56 Å². The van der Waals surface area contributed by atoms with Gasteiger partial charge in [-0.2, -0.15) is 0 Å². The molecular formula is C43H67N7O10. The number of fused-ring (bicyclic) bond motifs is 1. The van der Waals surface area contributed by atoms with E-state index in [-0.39, 0.29) is 37.4 Å². The van der Waals surface area contributed by atoms with E-state index in [0.29, 0.717) is 37.2 Å². The number of ether oxygens (including phenoxy) is 5. The second-order valence-corrected chi connectivity index (χ2v) is 17.7. The summed E-state index contributed by atoms with van der Waals surface area (Å²) in [7, 11) is 5.21. The lowest BCUT2D eigenvalue weighted by Crippen LogP contribution is -2.61. The summed E-state index contributed by atoms with van der Waals surface area (Å²) in [5.41, 5.74) is 5.45. The molecule has 4 unspecified atom stereocenters. The minimum Gasteiger partial charge on any atom is -0.458 e. The molecule has 5 rings (SSSR count). The third kappa shape index (κ3) is 9.96. The second-order valence-electron chi connectivity index (χ2n) is 17.7. The van der Waals surface area contributed by atoms with Crippen molar-refractivity contribution in [3.8, 4) is 11.3 Å². The van der Waals surface area contributed by atoms with E-state index in [9.17, 15) is 24.3 Å². The van der Waals surface area contributed by atoms with E-state index < -0.39 is 83.5 Å². The summed E-state index contributed by atoms with van der Waals surface area (Å²) in [5, 5.41) is 23.1. The highest BCUT2D eigenvalue weighted by atomic mass is 16.7. The average Bonchev–Trinajstić information content (AvgIpc) is 3.78. The number of nitrogens with two attached hydrogens (primary N) is 1. The number of hydrogen-bond acceptors (Lipinski definition) is 14. The number of anilines is 1. The molecule has 4 heterocycles. The number of ketones is 1. The number of cyclic esters (lactones) is 1. The van der Waals surface area contributed by atoms with Crippen molar-refractivity contribution in [1.29, 1.82) is 0 Å². The molecule has 3 fully saturated rings. The predicted molar refractivity (Wildman–Crippen MR) is 222 cm³/mol. The summed E-state index contributed by atoms with van der Waals surface area (Å²) in [6.45, 7) is 14.7. The van der Waals surface area contributed by atoms with Crippen molar-refractivity contribution in [2.75, 3.05) is 33.5 Å². The van der Waals surface area contributed by atoms with Gasteiger partial charge in [-0.05, 0) is 93.0 Å². The van der Waals surface area contributed by atoms with E-state index in [4.69, 9.17) is 29.4 Å². The van der Waals surface area contributed by atoms with Crippen LogP contribution >= 0.6 is 0 Å². The lowest BCUT2D eigenvalue weighted by Gasteiger charge is -2.46. The van der Waals surface area contributed by atoms with Crippen LogP contribution in [0.4, 0.5) is 10.5 Å². The molecular weight excluding hydrogens is 775 g/mol. The van der Waals surface area contributed by atoms with Crippen molar-refractivity contribution in [2.45, 2.75) is 154 Å². The van der Waals surface area contributed by atoms with E-state index in [2.05, 4.69) is 15.6 Å². The quantitative estimate of drug-likeness (QED) is 0.127. The van der Waals surface area contributed by atoms with Crippen LogP contribution in [0.1, 0.15) is 87.5 Å². The van der Waals surface area contributed by atoms with Crippen molar-refractivity contribution >= 4 is 29.4 Å². The molecule has 4 N–H and O–H groups in total. The fourth-order valence-corrected chi connectivity index (χ4v) is 9.34. The molecule has 3 saturated heterocycles. The minimum absolute atomic E-state index is 0.0962. The number of unbranched alkanes of at least 4 members (excludes halogenated alkanes) is 1. The molecule has 17 heteroatoms. The molecule has 0 saturated carbocycles. The van der Waals surface area contributed by atoms with Crippen LogP contribution in [0.5, 0.6) is 0 Å². The standard InChI is InChI=1S/C43H67N7O10/c1-12-33-43(8)36(50(41(55)60-43)19-14-13-18-49-23-31(46-47-49)29-16-15-17-30(44)21-29)28(6)45-38(53)24(2)22-42(7,56-11)37(26(4)34(51)27(5)39(54)58-33)59-40-35(52)32(48(9)10)20-25(3)57-40/h15-17,21,23-28,32-33,35-37,40,52H,12-14,18-20,22,44H2,1-11H3,(H,45,53)/t24-,25?,26+,27?,28-,32?,33-,35?,36-,37-,40+,42-,43-/m1/s1. The molecule has 17 nitrogen and oxygen atoms in total. The van der Waals surface area contributed by atoms with E-state index in [1.165, 1.54) is 14.0 Å². The van der Waals surface area contributed by atoms with Crippen molar-refractivity contribution in [2.24, 2.45) is 17.8 Å². The Hall–Kier alpha value is -4.16. The normalized spacial score (nSPS) is 36.0. The summed E-state index contributed by atoms with van der Waals surface area (Å²) in [6.07, 6.45) is -1.12. The van der Waals surface area contributed by atoms with Crippen molar-refractivity contribution < 1.29 is 48.0 Å². The van der Waals surface area contributed by atoms with Gasteiger partial charge < -0.3 is 44.7 Å². The predicted octanol–water partition coefficient (Wildman–Crippen LogP) is 3.81. The third-order valence-electron chi connectivity index (χ3n) is 12.8. The maximum atomic E-state index is 14.4. The molecule has 0 spiro atoms. The van der Waals surface area contributed by atoms with Gasteiger partial charge in [0, 0.05) is 49.3 Å². The first-order valence-electron chi connectivity index (χ1n) is 21.2. The minimum atomic E-state index is -1.40. The van der Waals surface area contributed by atoms with Crippen LogP contribution in [-0.4, -0.2) is 141 Å². The van der Waals surface area contributed by atoms with Gasteiger partial charge in [0.15, 0.2) is 17.7 Å². The SMILES string of the molecule is CC[C@H]1OC(=O)C(C)C(=O)[C@H](C)[C@@H](O[C@@H]2OC(C)CC(N(C)C)C2O)[C@](C)(OC)C[C@@H](C)C(=O)N[C@H](C)[C@H]2N(CCCCn3cc(-c4cccc(N)c4)nn3)C(=O)O[C@]12C. The van der Waals surface area contributed by atoms with Crippen molar-refractivity contribution in [1.82, 2.24) is 30.1 Å². The number of carbonyl (C=O) groups is 4. The van der Waals surface area contributed by atoms with Gasteiger partial charge in [-0.3, -0.25) is 24.0 Å². The summed E-state index contributed by atoms with van der Waals surface area (Å²) >= 11 is 0. The average molecular weight is 842 g/mol. The topological polar surface area (TPSA) is 210 Å². The Morgan fingerprint density at radius 2 is 1.77 bits per heavy atom. The number of aromatic nitrogens is 3. The van der Waals surface area contributed by atoms with Gasteiger partial charge in [0.25, 0.3) is 0 Å². The molecule has 0 radical (unpaired) electrons. The number of nitrogens with zero attached hydrogens (tertiary/aromatic N) is 5. The number of carbonyl (C=O) groups excluding carboxylic acids is 4. The summed E-state index contributed by atoms with van der Waals surface area (Å²) in [5.74, 6) is -4.50. The maximum absolute atomic E-state index is 14.4. The Kier molecular flexibility index (Phi) is 15.1. The number of Topliss-reactive ketones (excluding diaryl/α,β-unsaturated/α-hetero) is 1. The zero-order chi connectivity index (χ0) is 44.3. The number of likely N-dealkylation sites (N-methyl/N-ethyl adjacent to an activating group) is 1. The van der Waals surface area contributed by atoms with E-state index >= 15 is 0 Å². The number of nitrogen functional groups attached to an aromatic ring is 1. The Morgan fingerprint density at radius 1 is 1.07 bits per heavy atom.